The van der Waals surface area contributed by atoms with E-state index in [1.165, 1.54) is 0 Å². The number of rotatable bonds is 6. The summed E-state index contributed by atoms with van der Waals surface area (Å²) in [5.41, 5.74) is 1.99. The van der Waals surface area contributed by atoms with Gasteiger partial charge in [-0.05, 0) is 43.1 Å². The van der Waals surface area contributed by atoms with Crippen molar-refractivity contribution in [3.8, 4) is 11.4 Å². The van der Waals surface area contributed by atoms with E-state index in [1.54, 1.807) is 0 Å². The van der Waals surface area contributed by atoms with E-state index in [9.17, 15) is 0 Å². The Balaban J connectivity index is 2.46. The first-order valence-corrected chi connectivity index (χ1v) is 8.20. The number of nitrogens with one attached hydrogen (secondary N) is 1. The molecule has 0 amide bonds. The summed E-state index contributed by atoms with van der Waals surface area (Å²) in [6.07, 6.45) is 5.80. The number of hydrogen-bond donors (Lipinski definition) is 1. The van der Waals surface area contributed by atoms with Gasteiger partial charge in [-0.3, -0.25) is 4.68 Å². The molecule has 2 rings (SSSR count). The third-order valence-electron chi connectivity index (χ3n) is 3.14. The van der Waals surface area contributed by atoms with Gasteiger partial charge in [0.2, 0.25) is 0 Å². The monoisotopic (exact) mass is 351 g/mol. The SMILES string of the molecule is CCCc1nc(-c2cnn(C(C)C)c2)nc(NCC)c1Br. The zero-order valence-corrected chi connectivity index (χ0v) is 14.6. The maximum atomic E-state index is 4.70. The predicted octanol–water partition coefficient (Wildman–Crippen LogP) is 4.07. The van der Waals surface area contributed by atoms with E-state index in [1.807, 2.05) is 17.1 Å². The summed E-state index contributed by atoms with van der Waals surface area (Å²) in [5, 5.41) is 7.66. The number of aryl methyl sites for hydroxylation is 1. The minimum Gasteiger partial charge on any atom is -0.369 e. The molecule has 2 aromatic rings. The van der Waals surface area contributed by atoms with Crippen LogP contribution in [0.1, 0.15) is 45.9 Å². The lowest BCUT2D eigenvalue weighted by atomic mass is 10.2. The Morgan fingerprint density at radius 1 is 1.29 bits per heavy atom. The van der Waals surface area contributed by atoms with Crippen molar-refractivity contribution in [3.05, 3.63) is 22.6 Å². The molecule has 2 heterocycles. The van der Waals surface area contributed by atoms with Crippen LogP contribution in [0.5, 0.6) is 0 Å². The Labute approximate surface area is 134 Å². The summed E-state index contributed by atoms with van der Waals surface area (Å²) in [7, 11) is 0. The fourth-order valence-corrected chi connectivity index (χ4v) is 2.56. The average Bonchev–Trinajstić information content (AvgIpc) is 2.93. The summed E-state index contributed by atoms with van der Waals surface area (Å²) in [4.78, 5) is 9.32. The molecule has 5 nitrogen and oxygen atoms in total. The molecule has 0 spiro atoms. The van der Waals surface area contributed by atoms with Gasteiger partial charge in [0.25, 0.3) is 0 Å². The average molecular weight is 352 g/mol. The van der Waals surface area contributed by atoms with Crippen LogP contribution in [0.4, 0.5) is 5.82 Å². The van der Waals surface area contributed by atoms with Crippen LogP contribution >= 0.6 is 15.9 Å². The molecule has 114 valence electrons. The third kappa shape index (κ3) is 3.61. The van der Waals surface area contributed by atoms with Crippen molar-refractivity contribution < 1.29 is 0 Å². The molecule has 0 unspecified atom stereocenters. The number of aromatic nitrogens is 4. The molecule has 0 saturated heterocycles. The quantitative estimate of drug-likeness (QED) is 0.852. The van der Waals surface area contributed by atoms with Crippen molar-refractivity contribution >= 4 is 21.7 Å². The largest absolute Gasteiger partial charge is 0.369 e. The molecule has 0 aromatic carbocycles. The van der Waals surface area contributed by atoms with E-state index in [0.29, 0.717) is 6.04 Å². The Kier molecular flexibility index (Phi) is 5.33. The second-order valence-corrected chi connectivity index (χ2v) is 6.03. The van der Waals surface area contributed by atoms with Gasteiger partial charge < -0.3 is 5.32 Å². The van der Waals surface area contributed by atoms with Gasteiger partial charge in [0.1, 0.15) is 5.82 Å². The molecule has 21 heavy (non-hydrogen) atoms. The predicted molar refractivity (Wildman–Crippen MR) is 89.5 cm³/mol. The van der Waals surface area contributed by atoms with Crippen LogP contribution in [-0.4, -0.2) is 26.3 Å². The van der Waals surface area contributed by atoms with E-state index in [0.717, 1.165) is 46.8 Å². The molecule has 0 aliphatic carbocycles. The highest BCUT2D eigenvalue weighted by Gasteiger charge is 2.14. The lowest BCUT2D eigenvalue weighted by molar-refractivity contribution is 0.532. The number of nitrogens with zero attached hydrogens (tertiary/aromatic N) is 4. The van der Waals surface area contributed by atoms with Gasteiger partial charge in [0.05, 0.1) is 21.9 Å². The summed E-state index contributed by atoms with van der Waals surface area (Å²) >= 11 is 3.61. The van der Waals surface area contributed by atoms with Crippen LogP contribution in [0.3, 0.4) is 0 Å². The van der Waals surface area contributed by atoms with Gasteiger partial charge in [0.15, 0.2) is 5.82 Å². The van der Waals surface area contributed by atoms with Gasteiger partial charge in [-0.25, -0.2) is 9.97 Å². The first-order chi connectivity index (χ1) is 10.1. The fraction of sp³-hybridized carbons (Fsp3) is 0.533. The standard InChI is InChI=1S/C15H22BrN5/c1-5-7-12-13(16)15(17-6-2)20-14(19-12)11-8-18-21(9-11)10(3)4/h8-10H,5-7H2,1-4H3,(H,17,19,20). The van der Waals surface area contributed by atoms with E-state index < -0.39 is 0 Å². The number of anilines is 1. The zero-order chi connectivity index (χ0) is 15.4. The summed E-state index contributed by atoms with van der Waals surface area (Å²) in [6, 6.07) is 0.331. The lowest BCUT2D eigenvalue weighted by Crippen LogP contribution is -2.06. The molecule has 2 aromatic heterocycles. The molecule has 0 saturated carbocycles. The third-order valence-corrected chi connectivity index (χ3v) is 3.97. The van der Waals surface area contributed by atoms with Crippen molar-refractivity contribution in [2.24, 2.45) is 0 Å². The number of hydrogen-bond acceptors (Lipinski definition) is 4. The van der Waals surface area contributed by atoms with Gasteiger partial charge in [0, 0.05) is 18.8 Å². The Morgan fingerprint density at radius 3 is 2.62 bits per heavy atom. The summed E-state index contributed by atoms with van der Waals surface area (Å²) < 4.78 is 2.89. The number of halogens is 1. The topological polar surface area (TPSA) is 55.6 Å². The van der Waals surface area contributed by atoms with Gasteiger partial charge in [-0.1, -0.05) is 13.3 Å². The van der Waals surface area contributed by atoms with Crippen molar-refractivity contribution in [1.82, 2.24) is 19.7 Å². The maximum absolute atomic E-state index is 4.70. The van der Waals surface area contributed by atoms with E-state index in [-0.39, 0.29) is 0 Å². The van der Waals surface area contributed by atoms with Crippen LogP contribution < -0.4 is 5.32 Å². The van der Waals surface area contributed by atoms with Crippen LogP contribution in [0, 0.1) is 0 Å². The maximum Gasteiger partial charge on any atom is 0.165 e. The highest BCUT2D eigenvalue weighted by Crippen LogP contribution is 2.28. The summed E-state index contributed by atoms with van der Waals surface area (Å²) in [6.45, 7) is 9.24. The Bertz CT molecular complexity index is 579. The molecular weight excluding hydrogens is 330 g/mol. The van der Waals surface area contributed by atoms with Crippen molar-refractivity contribution in [2.45, 2.75) is 46.6 Å². The zero-order valence-electron chi connectivity index (χ0n) is 13.0. The van der Waals surface area contributed by atoms with Crippen molar-refractivity contribution in [2.75, 3.05) is 11.9 Å². The molecule has 0 fully saturated rings. The van der Waals surface area contributed by atoms with Crippen LogP contribution in [0.15, 0.2) is 16.9 Å². The lowest BCUT2D eigenvalue weighted by Gasteiger charge is -2.11. The first kappa shape index (κ1) is 15.9. The fourth-order valence-electron chi connectivity index (χ4n) is 2.05. The van der Waals surface area contributed by atoms with Gasteiger partial charge in [-0.15, -0.1) is 0 Å². The molecule has 1 N–H and O–H groups in total. The van der Waals surface area contributed by atoms with Crippen LogP contribution in [0.25, 0.3) is 11.4 Å². The first-order valence-electron chi connectivity index (χ1n) is 7.41. The molecule has 0 radical (unpaired) electrons. The Hall–Kier alpha value is -1.43. The Morgan fingerprint density at radius 2 is 2.05 bits per heavy atom. The minimum atomic E-state index is 0.331. The molecule has 0 atom stereocenters. The van der Waals surface area contributed by atoms with Crippen molar-refractivity contribution in [3.63, 3.8) is 0 Å². The van der Waals surface area contributed by atoms with Crippen LogP contribution in [-0.2, 0) is 6.42 Å². The minimum absolute atomic E-state index is 0.331. The highest BCUT2D eigenvalue weighted by molar-refractivity contribution is 9.10. The molecular formula is C15H22BrN5. The second kappa shape index (κ2) is 7.02. The van der Waals surface area contributed by atoms with Crippen molar-refractivity contribution in [1.29, 1.82) is 0 Å². The van der Waals surface area contributed by atoms with Gasteiger partial charge in [-0.2, -0.15) is 5.10 Å². The molecule has 0 aliphatic heterocycles. The molecule has 0 bridgehead atoms. The van der Waals surface area contributed by atoms with E-state index in [4.69, 9.17) is 4.98 Å². The second-order valence-electron chi connectivity index (χ2n) is 5.24. The molecule has 6 heteroatoms. The molecule has 0 aliphatic rings. The summed E-state index contributed by atoms with van der Waals surface area (Å²) in [5.74, 6) is 1.58. The smallest absolute Gasteiger partial charge is 0.165 e. The van der Waals surface area contributed by atoms with E-state index >= 15 is 0 Å². The highest BCUT2D eigenvalue weighted by atomic mass is 79.9. The van der Waals surface area contributed by atoms with Gasteiger partial charge >= 0.3 is 0 Å². The van der Waals surface area contributed by atoms with E-state index in [2.05, 4.69) is 59.0 Å². The normalized spacial score (nSPS) is 11.1. The van der Waals surface area contributed by atoms with Crippen LogP contribution in [0.2, 0.25) is 0 Å².